The molecule has 1 unspecified atom stereocenters. The minimum atomic E-state index is -3.82. The van der Waals surface area contributed by atoms with Crippen molar-refractivity contribution in [3.63, 3.8) is 0 Å². The fourth-order valence-corrected chi connectivity index (χ4v) is 3.09. The average molecular weight is 416 g/mol. The highest BCUT2D eigenvalue weighted by Crippen LogP contribution is 2.41. The van der Waals surface area contributed by atoms with Crippen LogP contribution in [0, 0.1) is 6.92 Å². The molecule has 1 amide bonds. The summed E-state index contributed by atoms with van der Waals surface area (Å²) >= 11 is 6.01. The number of rotatable bonds is 4. The van der Waals surface area contributed by atoms with Crippen LogP contribution >= 0.6 is 11.6 Å². The Hall–Kier alpha value is -2.40. The number of ether oxygens (including phenoxy) is 1. The summed E-state index contributed by atoms with van der Waals surface area (Å²) in [5.41, 5.74) is -0.135. The molecule has 3 N–H and O–H groups in total. The lowest BCUT2D eigenvalue weighted by Crippen LogP contribution is -2.41. The van der Waals surface area contributed by atoms with E-state index in [-0.39, 0.29) is 16.4 Å². The van der Waals surface area contributed by atoms with Crippen molar-refractivity contribution in [2.24, 2.45) is 0 Å². The summed E-state index contributed by atoms with van der Waals surface area (Å²) in [6.45, 7) is 0.953. The Morgan fingerprint density at radius 2 is 2.14 bits per heavy atom. The molecular formula is C17H16ClF2N3O5. The third kappa shape index (κ3) is 3.63. The van der Waals surface area contributed by atoms with Crippen LogP contribution in [0.25, 0.3) is 0 Å². The number of aromatic nitrogens is 2. The van der Waals surface area contributed by atoms with Crippen molar-refractivity contribution in [1.82, 2.24) is 9.55 Å². The maximum absolute atomic E-state index is 14.2. The zero-order chi connectivity index (χ0) is 20.6. The first-order valence-corrected chi connectivity index (χ1v) is 8.52. The summed E-state index contributed by atoms with van der Waals surface area (Å²) in [7, 11) is 0. The van der Waals surface area contributed by atoms with Gasteiger partial charge in [-0.15, -0.1) is 0 Å². The molecule has 8 nitrogen and oxygen atoms in total. The summed E-state index contributed by atoms with van der Waals surface area (Å²) in [4.78, 5) is 28.0. The predicted octanol–water partition coefficient (Wildman–Crippen LogP) is 1.34. The SMILES string of the molecule is Cc1ccc(C(=O)Nc2ccn(C3O[C@H](CO)[C@@H](O)C3(F)F)c(=O)n2)c(Cl)c1. The van der Waals surface area contributed by atoms with Gasteiger partial charge in [0.25, 0.3) is 5.91 Å². The van der Waals surface area contributed by atoms with Crippen LogP contribution in [-0.2, 0) is 4.74 Å². The van der Waals surface area contributed by atoms with Crippen molar-refractivity contribution in [2.45, 2.75) is 31.3 Å². The summed E-state index contributed by atoms with van der Waals surface area (Å²) in [6.07, 6.45) is -5.02. The number of halogens is 3. The number of aliphatic hydroxyl groups excluding tert-OH is 2. The Morgan fingerprint density at radius 1 is 1.43 bits per heavy atom. The number of alkyl halides is 2. The van der Waals surface area contributed by atoms with E-state index in [4.69, 9.17) is 21.4 Å². The van der Waals surface area contributed by atoms with Crippen molar-refractivity contribution in [1.29, 1.82) is 0 Å². The molecule has 2 aromatic rings. The number of nitrogens with one attached hydrogen (secondary N) is 1. The Bertz CT molecular complexity index is 968. The van der Waals surface area contributed by atoms with Crippen LogP contribution in [0.3, 0.4) is 0 Å². The average Bonchev–Trinajstić information content (AvgIpc) is 2.85. The van der Waals surface area contributed by atoms with Crippen molar-refractivity contribution < 1.29 is 28.5 Å². The van der Waals surface area contributed by atoms with Crippen molar-refractivity contribution in [2.75, 3.05) is 11.9 Å². The normalized spacial score (nSPS) is 23.6. The van der Waals surface area contributed by atoms with Crippen LogP contribution in [0.4, 0.5) is 14.6 Å². The van der Waals surface area contributed by atoms with Crippen LogP contribution in [0.15, 0.2) is 35.3 Å². The molecule has 0 aliphatic carbocycles. The molecule has 1 aliphatic rings. The highest BCUT2D eigenvalue weighted by Gasteiger charge is 2.59. The Labute approximate surface area is 162 Å². The number of nitrogens with zero attached hydrogens (tertiary/aromatic N) is 2. The molecule has 3 rings (SSSR count). The molecule has 0 spiro atoms. The number of aryl methyl sites for hydroxylation is 1. The molecule has 1 aromatic carbocycles. The molecule has 1 fully saturated rings. The molecule has 3 atom stereocenters. The van der Waals surface area contributed by atoms with Crippen LogP contribution in [0.1, 0.15) is 22.1 Å². The lowest BCUT2D eigenvalue weighted by Gasteiger charge is -2.21. The second-order valence-corrected chi connectivity index (χ2v) is 6.68. The van der Waals surface area contributed by atoms with Gasteiger partial charge in [-0.25, -0.2) is 4.79 Å². The van der Waals surface area contributed by atoms with Gasteiger partial charge in [-0.2, -0.15) is 13.8 Å². The Balaban J connectivity index is 1.83. The second-order valence-electron chi connectivity index (χ2n) is 6.27. The number of amides is 1. The highest BCUT2D eigenvalue weighted by atomic mass is 35.5. The van der Waals surface area contributed by atoms with E-state index in [1.807, 2.05) is 0 Å². The van der Waals surface area contributed by atoms with Gasteiger partial charge in [-0.05, 0) is 30.7 Å². The molecule has 150 valence electrons. The van der Waals surface area contributed by atoms with E-state index >= 15 is 0 Å². The largest absolute Gasteiger partial charge is 0.394 e. The fourth-order valence-electron chi connectivity index (χ4n) is 2.77. The summed E-state index contributed by atoms with van der Waals surface area (Å²) < 4.78 is 33.7. The maximum atomic E-state index is 14.2. The van der Waals surface area contributed by atoms with Gasteiger partial charge in [0.05, 0.1) is 17.2 Å². The molecular weight excluding hydrogens is 400 g/mol. The molecule has 1 aromatic heterocycles. The van der Waals surface area contributed by atoms with Gasteiger partial charge in [-0.3, -0.25) is 9.36 Å². The number of aliphatic hydroxyl groups is 2. The molecule has 28 heavy (non-hydrogen) atoms. The van der Waals surface area contributed by atoms with Gasteiger partial charge >= 0.3 is 11.6 Å². The topological polar surface area (TPSA) is 114 Å². The lowest BCUT2D eigenvalue weighted by molar-refractivity contribution is -0.140. The van der Waals surface area contributed by atoms with E-state index < -0.39 is 42.6 Å². The van der Waals surface area contributed by atoms with E-state index in [1.54, 1.807) is 19.1 Å². The number of anilines is 1. The summed E-state index contributed by atoms with van der Waals surface area (Å²) in [5.74, 6) is -4.63. The van der Waals surface area contributed by atoms with Crippen molar-refractivity contribution in [3.05, 3.63) is 57.1 Å². The maximum Gasteiger partial charge on any atom is 0.351 e. The first kappa shape index (κ1) is 20.3. The number of benzene rings is 1. The van der Waals surface area contributed by atoms with Crippen LogP contribution in [0.5, 0.6) is 0 Å². The summed E-state index contributed by atoms with van der Waals surface area (Å²) in [6, 6.07) is 5.88. The van der Waals surface area contributed by atoms with Gasteiger partial charge in [0.15, 0.2) is 6.10 Å². The Morgan fingerprint density at radius 3 is 2.71 bits per heavy atom. The minimum absolute atomic E-state index is 0.151. The van der Waals surface area contributed by atoms with Gasteiger partial charge in [0.1, 0.15) is 11.9 Å². The first-order chi connectivity index (χ1) is 13.1. The first-order valence-electron chi connectivity index (χ1n) is 8.14. The van der Waals surface area contributed by atoms with Gasteiger partial charge < -0.3 is 20.3 Å². The van der Waals surface area contributed by atoms with E-state index in [0.29, 0.717) is 4.57 Å². The van der Waals surface area contributed by atoms with Gasteiger partial charge in [0.2, 0.25) is 6.23 Å². The summed E-state index contributed by atoms with van der Waals surface area (Å²) in [5, 5.41) is 21.1. The molecule has 2 heterocycles. The quantitative estimate of drug-likeness (QED) is 0.694. The van der Waals surface area contributed by atoms with E-state index in [0.717, 1.165) is 17.8 Å². The number of carbonyl (C=O) groups is 1. The molecule has 11 heteroatoms. The predicted molar refractivity (Wildman–Crippen MR) is 94.6 cm³/mol. The number of hydrogen-bond donors (Lipinski definition) is 3. The molecule has 0 radical (unpaired) electrons. The van der Waals surface area contributed by atoms with E-state index in [1.165, 1.54) is 6.07 Å². The van der Waals surface area contributed by atoms with Crippen LogP contribution < -0.4 is 11.0 Å². The standard InChI is InChI=1S/C17H16ClF2N3O5/c1-8-2-3-9(10(18)6-8)14(26)21-12-4-5-23(16(27)22-12)15-17(19,20)13(25)11(7-24)28-15/h2-6,11,13,15,24-25H,7H2,1H3,(H,21,22,26,27)/t11-,13-,15?/m1/s1. The second kappa shape index (κ2) is 7.55. The third-order valence-electron chi connectivity index (χ3n) is 4.25. The third-order valence-corrected chi connectivity index (χ3v) is 4.57. The smallest absolute Gasteiger partial charge is 0.351 e. The van der Waals surface area contributed by atoms with Gasteiger partial charge in [0, 0.05) is 6.20 Å². The number of carbonyl (C=O) groups excluding carboxylic acids is 1. The fraction of sp³-hybridized carbons (Fsp3) is 0.353. The molecule has 0 bridgehead atoms. The van der Waals surface area contributed by atoms with E-state index in [9.17, 15) is 23.5 Å². The Kier molecular flexibility index (Phi) is 5.48. The van der Waals surface area contributed by atoms with Gasteiger partial charge in [-0.1, -0.05) is 17.7 Å². The monoisotopic (exact) mass is 415 g/mol. The zero-order valence-electron chi connectivity index (χ0n) is 14.5. The van der Waals surface area contributed by atoms with Crippen LogP contribution in [0.2, 0.25) is 5.02 Å². The number of hydrogen-bond acceptors (Lipinski definition) is 6. The zero-order valence-corrected chi connectivity index (χ0v) is 15.2. The molecule has 1 saturated heterocycles. The highest BCUT2D eigenvalue weighted by molar-refractivity contribution is 6.34. The van der Waals surface area contributed by atoms with Crippen molar-refractivity contribution in [3.8, 4) is 0 Å². The molecule has 0 saturated carbocycles. The molecule has 1 aliphatic heterocycles. The minimum Gasteiger partial charge on any atom is -0.394 e. The van der Waals surface area contributed by atoms with Crippen LogP contribution in [-0.4, -0.2) is 50.4 Å². The van der Waals surface area contributed by atoms with Crippen molar-refractivity contribution >= 4 is 23.3 Å². The lowest BCUT2D eigenvalue weighted by atomic mass is 10.1. The van der Waals surface area contributed by atoms with E-state index in [2.05, 4.69) is 10.3 Å².